The second kappa shape index (κ2) is 7.08. The van der Waals surface area contributed by atoms with Crippen molar-refractivity contribution in [2.45, 2.75) is 20.0 Å². The molecule has 0 atom stereocenters. The number of carbonyl (C=O) groups is 1. The molecule has 3 aromatic rings. The number of anilines is 1. The Morgan fingerprint density at radius 3 is 2.67 bits per heavy atom. The van der Waals surface area contributed by atoms with Gasteiger partial charge in [0.1, 0.15) is 5.75 Å². The molecule has 0 radical (unpaired) electrons. The van der Waals surface area contributed by atoms with E-state index in [9.17, 15) is 4.79 Å². The Bertz CT molecular complexity index is 855. The lowest BCUT2D eigenvalue weighted by Gasteiger charge is -2.10. The highest BCUT2D eigenvalue weighted by Crippen LogP contribution is 2.25. The lowest BCUT2D eigenvalue weighted by molar-refractivity contribution is 0.251. The minimum atomic E-state index is -0.236. The maximum Gasteiger partial charge on any atom is 0.319 e. The number of hydrogen-bond acceptors (Lipinski definition) is 2. The van der Waals surface area contributed by atoms with E-state index in [0.29, 0.717) is 6.54 Å². The third-order valence-corrected chi connectivity index (χ3v) is 4.01. The van der Waals surface area contributed by atoms with Crippen LogP contribution in [0, 0.1) is 0 Å². The van der Waals surface area contributed by atoms with Crippen LogP contribution in [-0.2, 0) is 13.1 Å². The van der Waals surface area contributed by atoms with Crippen LogP contribution in [0.15, 0.2) is 54.7 Å². The van der Waals surface area contributed by atoms with Gasteiger partial charge in [0, 0.05) is 30.2 Å². The quantitative estimate of drug-likeness (QED) is 0.746. The van der Waals surface area contributed by atoms with Gasteiger partial charge in [-0.15, -0.1) is 0 Å². The van der Waals surface area contributed by atoms with Crippen molar-refractivity contribution < 1.29 is 9.53 Å². The topological polar surface area (TPSA) is 55.3 Å². The van der Waals surface area contributed by atoms with Gasteiger partial charge in [0.15, 0.2) is 0 Å². The molecular formula is C19H21N3O2. The average Bonchev–Trinajstić information content (AvgIpc) is 2.98. The molecule has 0 saturated carbocycles. The van der Waals surface area contributed by atoms with E-state index in [4.69, 9.17) is 4.74 Å². The molecule has 2 amide bonds. The molecule has 0 saturated heterocycles. The minimum absolute atomic E-state index is 0.236. The third-order valence-electron chi connectivity index (χ3n) is 4.01. The van der Waals surface area contributed by atoms with Crippen molar-refractivity contribution in [2.75, 3.05) is 12.4 Å². The van der Waals surface area contributed by atoms with Crippen LogP contribution in [0.2, 0.25) is 0 Å². The van der Waals surface area contributed by atoms with Gasteiger partial charge in [0.25, 0.3) is 0 Å². The summed E-state index contributed by atoms with van der Waals surface area (Å²) in [6, 6.07) is 15.4. The van der Waals surface area contributed by atoms with E-state index in [-0.39, 0.29) is 6.03 Å². The molecule has 0 aliphatic rings. The first-order valence-corrected chi connectivity index (χ1v) is 7.97. The van der Waals surface area contributed by atoms with Crippen molar-refractivity contribution in [1.29, 1.82) is 0 Å². The lowest BCUT2D eigenvalue weighted by atomic mass is 10.2. The van der Waals surface area contributed by atoms with Gasteiger partial charge in [-0.2, -0.15) is 0 Å². The fourth-order valence-electron chi connectivity index (χ4n) is 2.80. The lowest BCUT2D eigenvalue weighted by Crippen LogP contribution is -2.28. The largest absolute Gasteiger partial charge is 0.496 e. The number of aryl methyl sites for hydroxylation is 1. The van der Waals surface area contributed by atoms with Crippen LogP contribution in [0.5, 0.6) is 5.75 Å². The van der Waals surface area contributed by atoms with Gasteiger partial charge in [-0.1, -0.05) is 36.4 Å². The normalized spacial score (nSPS) is 10.6. The van der Waals surface area contributed by atoms with Crippen molar-refractivity contribution in [3.05, 3.63) is 60.3 Å². The fourth-order valence-corrected chi connectivity index (χ4v) is 2.80. The monoisotopic (exact) mass is 323 g/mol. The van der Waals surface area contributed by atoms with Gasteiger partial charge in [-0.25, -0.2) is 4.79 Å². The van der Waals surface area contributed by atoms with Crippen LogP contribution in [0.1, 0.15) is 12.5 Å². The summed E-state index contributed by atoms with van der Waals surface area (Å²) in [6.07, 6.45) is 1.97. The maximum atomic E-state index is 12.3. The van der Waals surface area contributed by atoms with Crippen LogP contribution in [0.3, 0.4) is 0 Å². The number of nitrogens with zero attached hydrogens (tertiary/aromatic N) is 1. The SMILES string of the molecule is CCn1cc(NC(=O)NCc2ccccc2OC)c2ccccc21. The average molecular weight is 323 g/mol. The highest BCUT2D eigenvalue weighted by atomic mass is 16.5. The third kappa shape index (κ3) is 3.20. The Hall–Kier alpha value is -2.95. The Kier molecular flexibility index (Phi) is 4.70. The molecule has 5 heteroatoms. The summed E-state index contributed by atoms with van der Waals surface area (Å²) in [5.74, 6) is 0.764. The highest BCUT2D eigenvalue weighted by Gasteiger charge is 2.10. The van der Waals surface area contributed by atoms with Crippen molar-refractivity contribution in [3.63, 3.8) is 0 Å². The summed E-state index contributed by atoms with van der Waals surface area (Å²) in [4.78, 5) is 12.3. The molecule has 1 heterocycles. The second-order valence-electron chi connectivity index (χ2n) is 5.47. The van der Waals surface area contributed by atoms with Gasteiger partial charge in [-0.3, -0.25) is 0 Å². The molecule has 3 rings (SSSR count). The Morgan fingerprint density at radius 1 is 1.12 bits per heavy atom. The van der Waals surface area contributed by atoms with Crippen LogP contribution >= 0.6 is 0 Å². The Balaban J connectivity index is 1.71. The number of amides is 2. The van der Waals surface area contributed by atoms with E-state index >= 15 is 0 Å². The number of urea groups is 1. The number of hydrogen-bond donors (Lipinski definition) is 2. The molecule has 124 valence electrons. The second-order valence-corrected chi connectivity index (χ2v) is 5.47. The number of nitrogens with one attached hydrogen (secondary N) is 2. The first-order chi connectivity index (χ1) is 11.7. The molecule has 1 aromatic heterocycles. The predicted molar refractivity (Wildman–Crippen MR) is 96.5 cm³/mol. The summed E-state index contributed by atoms with van der Waals surface area (Å²) in [5, 5.41) is 6.84. The smallest absolute Gasteiger partial charge is 0.319 e. The first kappa shape index (κ1) is 15.9. The first-order valence-electron chi connectivity index (χ1n) is 7.97. The molecule has 2 N–H and O–H groups in total. The summed E-state index contributed by atoms with van der Waals surface area (Å²) >= 11 is 0. The standard InChI is InChI=1S/C19H21N3O2/c1-3-22-13-16(15-9-5-6-10-17(15)22)21-19(23)20-12-14-8-4-7-11-18(14)24-2/h4-11,13H,3,12H2,1-2H3,(H2,20,21,23). The van der Waals surface area contributed by atoms with Crippen LogP contribution in [-0.4, -0.2) is 17.7 Å². The summed E-state index contributed by atoms with van der Waals surface area (Å²) in [5.41, 5.74) is 2.86. The van der Waals surface area contributed by atoms with Crippen molar-refractivity contribution >= 4 is 22.6 Å². The van der Waals surface area contributed by atoms with Crippen LogP contribution in [0.25, 0.3) is 10.9 Å². The van der Waals surface area contributed by atoms with Gasteiger partial charge in [0.05, 0.1) is 18.3 Å². The van der Waals surface area contributed by atoms with Crippen molar-refractivity contribution in [3.8, 4) is 5.75 Å². The van der Waals surface area contributed by atoms with Gasteiger partial charge in [-0.05, 0) is 19.1 Å². The van der Waals surface area contributed by atoms with Gasteiger partial charge >= 0.3 is 6.03 Å². The predicted octanol–water partition coefficient (Wildman–Crippen LogP) is 3.99. The number of aromatic nitrogens is 1. The molecule has 0 fully saturated rings. The summed E-state index contributed by atoms with van der Waals surface area (Å²) in [6.45, 7) is 3.34. The number of para-hydroxylation sites is 2. The maximum absolute atomic E-state index is 12.3. The van der Waals surface area contributed by atoms with Crippen LogP contribution < -0.4 is 15.4 Å². The van der Waals surface area contributed by atoms with E-state index in [2.05, 4.69) is 28.2 Å². The number of benzene rings is 2. The molecular weight excluding hydrogens is 302 g/mol. The number of ether oxygens (including phenoxy) is 1. The molecule has 0 unspecified atom stereocenters. The number of rotatable bonds is 5. The van der Waals surface area contributed by atoms with Gasteiger partial charge < -0.3 is 19.9 Å². The van der Waals surface area contributed by atoms with Crippen molar-refractivity contribution in [1.82, 2.24) is 9.88 Å². The Labute approximate surface area is 141 Å². The van der Waals surface area contributed by atoms with E-state index in [1.54, 1.807) is 7.11 Å². The number of fused-ring (bicyclic) bond motifs is 1. The van der Waals surface area contributed by atoms with E-state index < -0.39 is 0 Å². The molecule has 0 aliphatic heterocycles. The minimum Gasteiger partial charge on any atom is -0.496 e. The molecule has 2 aromatic carbocycles. The molecule has 0 spiro atoms. The number of methoxy groups -OCH3 is 1. The molecule has 0 bridgehead atoms. The van der Waals surface area contributed by atoms with Crippen LogP contribution in [0.4, 0.5) is 10.5 Å². The molecule has 0 aliphatic carbocycles. The zero-order chi connectivity index (χ0) is 16.9. The van der Waals surface area contributed by atoms with E-state index in [1.807, 2.05) is 48.7 Å². The number of carbonyl (C=O) groups excluding carboxylic acids is 1. The van der Waals surface area contributed by atoms with E-state index in [0.717, 1.165) is 34.4 Å². The van der Waals surface area contributed by atoms with E-state index in [1.165, 1.54) is 0 Å². The fraction of sp³-hybridized carbons (Fsp3) is 0.211. The zero-order valence-electron chi connectivity index (χ0n) is 13.9. The Morgan fingerprint density at radius 2 is 1.88 bits per heavy atom. The zero-order valence-corrected chi connectivity index (χ0v) is 13.9. The molecule has 24 heavy (non-hydrogen) atoms. The summed E-state index contributed by atoms with van der Waals surface area (Å²) < 4.78 is 7.41. The summed E-state index contributed by atoms with van der Waals surface area (Å²) in [7, 11) is 1.62. The highest BCUT2D eigenvalue weighted by molar-refractivity contribution is 6.01. The van der Waals surface area contributed by atoms with Crippen molar-refractivity contribution in [2.24, 2.45) is 0 Å². The van der Waals surface area contributed by atoms with Gasteiger partial charge in [0.2, 0.25) is 0 Å². The molecule has 5 nitrogen and oxygen atoms in total.